The monoisotopic (exact) mass is 402 g/mol. The van der Waals surface area contributed by atoms with Gasteiger partial charge in [-0.15, -0.1) is 0 Å². The standard InChI is InChI=1S/C16H26N4O6S/c17-9(7-21)13(22)18-10(8-27)14(23)19-5-1-3-11(19)15(24)20-6-2-4-12(20)16(25)26/h9-12,21,27H,1-8,17H2,(H,18,22)(H,25,26)/t9-,10-,11-,12-/m0/s1. The zero-order valence-corrected chi connectivity index (χ0v) is 15.8. The number of carbonyl (C=O) groups excluding carboxylic acids is 3. The number of hydrogen-bond acceptors (Lipinski definition) is 7. The molecule has 0 aromatic heterocycles. The van der Waals surface area contributed by atoms with Gasteiger partial charge < -0.3 is 31.1 Å². The number of carboxylic acid groups (broad SMARTS) is 1. The van der Waals surface area contributed by atoms with Gasteiger partial charge in [-0.25, -0.2) is 4.79 Å². The molecule has 2 aliphatic heterocycles. The molecule has 2 fully saturated rings. The number of nitrogens with zero attached hydrogens (tertiary/aromatic N) is 2. The highest BCUT2D eigenvalue weighted by atomic mass is 32.1. The molecule has 2 saturated heterocycles. The number of nitrogens with two attached hydrogens (primary N) is 1. The molecule has 0 bridgehead atoms. The van der Waals surface area contributed by atoms with Crippen molar-refractivity contribution in [1.29, 1.82) is 0 Å². The van der Waals surface area contributed by atoms with Crippen LogP contribution in [-0.2, 0) is 19.2 Å². The number of carbonyl (C=O) groups is 4. The van der Waals surface area contributed by atoms with Crippen molar-refractivity contribution in [3.8, 4) is 0 Å². The van der Waals surface area contributed by atoms with Gasteiger partial charge in [0, 0.05) is 18.8 Å². The number of aliphatic hydroxyl groups is 1. The lowest BCUT2D eigenvalue weighted by atomic mass is 10.1. The average Bonchev–Trinajstić information content (AvgIpc) is 3.33. The molecule has 3 amide bonds. The van der Waals surface area contributed by atoms with Gasteiger partial charge in [0.15, 0.2) is 0 Å². The van der Waals surface area contributed by atoms with Gasteiger partial charge in [-0.3, -0.25) is 14.4 Å². The first kappa shape index (κ1) is 21.5. The lowest BCUT2D eigenvalue weighted by Gasteiger charge is -2.32. The molecule has 0 aliphatic carbocycles. The van der Waals surface area contributed by atoms with Gasteiger partial charge >= 0.3 is 5.97 Å². The van der Waals surface area contributed by atoms with Crippen molar-refractivity contribution in [2.45, 2.75) is 49.9 Å². The summed E-state index contributed by atoms with van der Waals surface area (Å²) in [6, 6.07) is -3.75. The second-order valence-electron chi connectivity index (χ2n) is 6.75. The van der Waals surface area contributed by atoms with E-state index in [0.29, 0.717) is 38.8 Å². The number of hydrogen-bond donors (Lipinski definition) is 5. The fraction of sp³-hybridized carbons (Fsp3) is 0.750. The topological polar surface area (TPSA) is 153 Å². The Morgan fingerprint density at radius 1 is 1.11 bits per heavy atom. The van der Waals surface area contributed by atoms with Gasteiger partial charge in [-0.05, 0) is 25.7 Å². The minimum Gasteiger partial charge on any atom is -0.480 e. The van der Waals surface area contributed by atoms with Crippen molar-refractivity contribution >= 4 is 36.3 Å². The minimum absolute atomic E-state index is 0.00158. The molecular weight excluding hydrogens is 376 g/mol. The number of amides is 3. The van der Waals surface area contributed by atoms with E-state index in [1.165, 1.54) is 9.80 Å². The lowest BCUT2D eigenvalue weighted by Crippen LogP contribution is -2.57. The number of nitrogens with one attached hydrogen (secondary N) is 1. The average molecular weight is 402 g/mol. The Labute approximate surface area is 162 Å². The summed E-state index contributed by atoms with van der Waals surface area (Å²) in [5.41, 5.74) is 5.45. The van der Waals surface area contributed by atoms with E-state index in [0.717, 1.165) is 0 Å². The smallest absolute Gasteiger partial charge is 0.326 e. The fourth-order valence-electron chi connectivity index (χ4n) is 3.51. The molecule has 2 heterocycles. The first-order valence-electron chi connectivity index (χ1n) is 8.93. The summed E-state index contributed by atoms with van der Waals surface area (Å²) in [7, 11) is 0. The largest absolute Gasteiger partial charge is 0.480 e. The normalized spacial score (nSPS) is 24.6. The third-order valence-corrected chi connectivity index (χ3v) is 5.34. The molecule has 152 valence electrons. The van der Waals surface area contributed by atoms with Crippen molar-refractivity contribution in [3.05, 3.63) is 0 Å². The highest BCUT2D eigenvalue weighted by molar-refractivity contribution is 7.80. The molecule has 10 nitrogen and oxygen atoms in total. The molecule has 4 atom stereocenters. The van der Waals surface area contributed by atoms with E-state index < -0.39 is 48.6 Å². The van der Waals surface area contributed by atoms with Gasteiger partial charge in [-0.1, -0.05) is 0 Å². The third kappa shape index (κ3) is 4.71. The van der Waals surface area contributed by atoms with Gasteiger partial charge in [0.1, 0.15) is 24.2 Å². The van der Waals surface area contributed by atoms with E-state index in [9.17, 15) is 24.3 Å². The maximum atomic E-state index is 12.9. The molecular formula is C16H26N4O6S. The summed E-state index contributed by atoms with van der Waals surface area (Å²) < 4.78 is 0. The van der Waals surface area contributed by atoms with Crippen molar-refractivity contribution < 1.29 is 29.4 Å². The Morgan fingerprint density at radius 2 is 1.70 bits per heavy atom. The van der Waals surface area contributed by atoms with Crippen molar-refractivity contribution in [3.63, 3.8) is 0 Å². The van der Waals surface area contributed by atoms with E-state index in [4.69, 9.17) is 10.8 Å². The molecule has 5 N–H and O–H groups in total. The summed E-state index contributed by atoms with van der Waals surface area (Å²) in [6.45, 7) is 0.134. The van der Waals surface area contributed by atoms with Gasteiger partial charge in [0.2, 0.25) is 17.7 Å². The molecule has 0 unspecified atom stereocenters. The molecule has 0 saturated carbocycles. The van der Waals surface area contributed by atoms with Gasteiger partial charge in [-0.2, -0.15) is 12.6 Å². The first-order chi connectivity index (χ1) is 12.8. The number of thiol groups is 1. The van der Waals surface area contributed by atoms with Crippen LogP contribution >= 0.6 is 12.6 Å². The zero-order chi connectivity index (χ0) is 20.1. The van der Waals surface area contributed by atoms with Crippen LogP contribution in [0.25, 0.3) is 0 Å². The second kappa shape index (κ2) is 9.38. The Hall–Kier alpha value is -1.85. The summed E-state index contributed by atoms with van der Waals surface area (Å²) in [5, 5.41) is 20.7. The third-order valence-electron chi connectivity index (χ3n) is 4.97. The van der Waals surface area contributed by atoms with Crippen LogP contribution in [0.4, 0.5) is 0 Å². The summed E-state index contributed by atoms with van der Waals surface area (Å²) in [5.74, 6) is -2.57. The van der Waals surface area contributed by atoms with Gasteiger partial charge in [0.25, 0.3) is 0 Å². The Morgan fingerprint density at radius 3 is 2.26 bits per heavy atom. The van der Waals surface area contributed by atoms with E-state index >= 15 is 0 Å². The molecule has 0 radical (unpaired) electrons. The van der Waals surface area contributed by atoms with Gasteiger partial charge in [0.05, 0.1) is 6.61 Å². The van der Waals surface area contributed by atoms with Crippen LogP contribution in [0.3, 0.4) is 0 Å². The van der Waals surface area contributed by atoms with Crippen LogP contribution in [0.15, 0.2) is 0 Å². The van der Waals surface area contributed by atoms with E-state index in [1.54, 1.807) is 0 Å². The number of rotatable bonds is 7. The number of aliphatic carboxylic acids is 1. The Bertz CT molecular complexity index is 603. The predicted octanol–water partition coefficient (Wildman–Crippen LogP) is -2.21. The molecule has 2 aliphatic rings. The number of aliphatic hydroxyl groups excluding tert-OH is 1. The van der Waals surface area contributed by atoms with Crippen LogP contribution < -0.4 is 11.1 Å². The highest BCUT2D eigenvalue weighted by Gasteiger charge is 2.43. The molecule has 27 heavy (non-hydrogen) atoms. The fourth-order valence-corrected chi connectivity index (χ4v) is 3.76. The first-order valence-corrected chi connectivity index (χ1v) is 9.56. The molecule has 2 rings (SSSR count). The number of likely N-dealkylation sites (tertiary alicyclic amines) is 2. The lowest BCUT2D eigenvalue weighted by molar-refractivity contribution is -0.152. The molecule has 0 spiro atoms. The molecule has 11 heteroatoms. The maximum absolute atomic E-state index is 12.9. The van der Waals surface area contributed by atoms with E-state index in [-0.39, 0.29) is 11.7 Å². The number of carboxylic acids is 1. The predicted molar refractivity (Wildman–Crippen MR) is 98.0 cm³/mol. The summed E-state index contributed by atoms with van der Waals surface area (Å²) >= 11 is 4.09. The van der Waals surface area contributed by atoms with E-state index in [2.05, 4.69) is 17.9 Å². The summed E-state index contributed by atoms with van der Waals surface area (Å²) in [4.78, 5) is 51.6. The van der Waals surface area contributed by atoms with Crippen LogP contribution in [0, 0.1) is 0 Å². The van der Waals surface area contributed by atoms with Crippen LogP contribution in [0.2, 0.25) is 0 Å². The van der Waals surface area contributed by atoms with Crippen LogP contribution in [0.5, 0.6) is 0 Å². The van der Waals surface area contributed by atoms with Crippen LogP contribution in [-0.4, -0.2) is 93.3 Å². The zero-order valence-electron chi connectivity index (χ0n) is 14.9. The van der Waals surface area contributed by atoms with Crippen molar-refractivity contribution in [1.82, 2.24) is 15.1 Å². The molecule has 0 aromatic rings. The quantitative estimate of drug-likeness (QED) is 0.303. The van der Waals surface area contributed by atoms with Crippen molar-refractivity contribution in [2.75, 3.05) is 25.4 Å². The Kier molecular flexibility index (Phi) is 7.45. The van der Waals surface area contributed by atoms with Crippen LogP contribution in [0.1, 0.15) is 25.7 Å². The van der Waals surface area contributed by atoms with Crippen molar-refractivity contribution in [2.24, 2.45) is 5.73 Å². The molecule has 0 aromatic carbocycles. The summed E-state index contributed by atoms with van der Waals surface area (Å²) in [6.07, 6.45) is 2.06. The maximum Gasteiger partial charge on any atom is 0.326 e. The second-order valence-corrected chi connectivity index (χ2v) is 7.12. The minimum atomic E-state index is -1.16. The van der Waals surface area contributed by atoms with E-state index in [1.807, 2.05) is 0 Å². The highest BCUT2D eigenvalue weighted by Crippen LogP contribution is 2.25. The SMILES string of the molecule is N[C@@H](CO)C(=O)N[C@@H](CS)C(=O)N1CCC[C@H]1C(=O)N1CCC[C@H]1C(=O)O. The Balaban J connectivity index is 2.09.